The summed E-state index contributed by atoms with van der Waals surface area (Å²) < 4.78 is 5.84. The Kier molecular flexibility index (Phi) is 4.63. The molecule has 0 spiro atoms. The summed E-state index contributed by atoms with van der Waals surface area (Å²) in [6, 6.07) is 9.63. The molecule has 1 fully saturated rings. The summed E-state index contributed by atoms with van der Waals surface area (Å²) in [4.78, 5) is 17.9. The average Bonchev–Trinajstić information content (AvgIpc) is 3.24. The van der Waals surface area contributed by atoms with Crippen LogP contribution in [0.2, 0.25) is 0 Å². The van der Waals surface area contributed by atoms with Crippen LogP contribution in [0.5, 0.6) is 0 Å². The maximum atomic E-state index is 13.2. The highest BCUT2D eigenvalue weighted by molar-refractivity contribution is 7.16. The molecule has 4 nitrogen and oxygen atoms in total. The van der Waals surface area contributed by atoms with E-state index in [9.17, 15) is 4.79 Å². The van der Waals surface area contributed by atoms with Crippen molar-refractivity contribution in [3.63, 3.8) is 0 Å². The highest BCUT2D eigenvalue weighted by Gasteiger charge is 2.35. The fourth-order valence-corrected chi connectivity index (χ4v) is 5.02. The highest BCUT2D eigenvalue weighted by atomic mass is 32.1. The van der Waals surface area contributed by atoms with Crippen molar-refractivity contribution < 1.29 is 14.4 Å². The Balaban J connectivity index is 1.64. The Morgan fingerprint density at radius 3 is 2.84 bits per heavy atom. The molecule has 1 N–H and O–H groups in total. The topological polar surface area (TPSA) is 34.0 Å². The maximum absolute atomic E-state index is 13.2. The van der Waals surface area contributed by atoms with Gasteiger partial charge in [-0.15, -0.1) is 11.3 Å². The van der Waals surface area contributed by atoms with Gasteiger partial charge in [0.2, 0.25) is 0 Å². The number of quaternary nitrogens is 1. The second-order valence-electron chi connectivity index (χ2n) is 7.09. The highest BCUT2D eigenvalue weighted by Crippen LogP contribution is 2.36. The number of hydrogen-bond donors (Lipinski definition) is 1. The van der Waals surface area contributed by atoms with Crippen molar-refractivity contribution in [2.75, 3.05) is 24.7 Å². The van der Waals surface area contributed by atoms with E-state index in [0.29, 0.717) is 6.10 Å². The van der Waals surface area contributed by atoms with Crippen LogP contribution in [0.25, 0.3) is 0 Å². The van der Waals surface area contributed by atoms with Gasteiger partial charge in [-0.1, -0.05) is 18.2 Å². The fraction of sp³-hybridized carbons (Fsp3) is 0.450. The Morgan fingerprint density at radius 2 is 2.12 bits per heavy atom. The Hall–Kier alpha value is -1.69. The summed E-state index contributed by atoms with van der Waals surface area (Å²) in [5, 5.41) is 1.14. The predicted octanol–water partition coefficient (Wildman–Crippen LogP) is 2.55. The third-order valence-corrected chi connectivity index (χ3v) is 6.62. The number of rotatable bonds is 3. The molecule has 2 aliphatic heterocycles. The van der Waals surface area contributed by atoms with Gasteiger partial charge < -0.3 is 9.64 Å². The minimum Gasteiger partial charge on any atom is -0.372 e. The van der Waals surface area contributed by atoms with Gasteiger partial charge in [-0.05, 0) is 44.4 Å². The van der Waals surface area contributed by atoms with E-state index >= 15 is 0 Å². The molecular weight excluding hydrogens is 332 g/mol. The Morgan fingerprint density at radius 1 is 1.32 bits per heavy atom. The third kappa shape index (κ3) is 3.24. The lowest BCUT2D eigenvalue weighted by Crippen LogP contribution is -3.14. The number of aryl methyl sites for hydroxylation is 1. The number of fused-ring (bicyclic) bond motifs is 1. The molecule has 1 unspecified atom stereocenters. The summed E-state index contributed by atoms with van der Waals surface area (Å²) in [5.41, 5.74) is 3.44. The molecular formula is C20H25N2O2S+. The maximum Gasteiger partial charge on any atom is 0.263 e. The van der Waals surface area contributed by atoms with E-state index in [1.165, 1.54) is 20.9 Å². The van der Waals surface area contributed by atoms with Crippen LogP contribution in [0.1, 0.15) is 39.2 Å². The molecule has 0 saturated carbocycles. The van der Waals surface area contributed by atoms with E-state index < -0.39 is 0 Å². The van der Waals surface area contributed by atoms with Crippen molar-refractivity contribution >= 4 is 22.2 Å². The Bertz CT molecular complexity index is 766. The number of hydrogen-bond acceptors (Lipinski definition) is 3. The molecule has 1 saturated heterocycles. The molecule has 3 heterocycles. The molecule has 1 aromatic heterocycles. The van der Waals surface area contributed by atoms with Crippen molar-refractivity contribution in [3.8, 4) is 0 Å². The van der Waals surface area contributed by atoms with Gasteiger partial charge in [0, 0.05) is 22.6 Å². The number of nitrogens with one attached hydrogen (secondary N) is 1. The van der Waals surface area contributed by atoms with E-state index in [-0.39, 0.29) is 5.91 Å². The zero-order chi connectivity index (χ0) is 17.4. The lowest BCUT2D eigenvalue weighted by Gasteiger charge is -2.34. The number of benzene rings is 1. The Labute approximate surface area is 153 Å². The third-order valence-electron chi connectivity index (χ3n) is 5.35. The lowest BCUT2D eigenvalue weighted by molar-refractivity contribution is -0.917. The molecule has 132 valence electrons. The first kappa shape index (κ1) is 16.8. The predicted molar refractivity (Wildman–Crippen MR) is 100 cm³/mol. The van der Waals surface area contributed by atoms with Crippen LogP contribution in [-0.2, 0) is 11.3 Å². The number of nitrogens with zero attached hydrogens (tertiary/aromatic N) is 1. The molecule has 0 bridgehead atoms. The van der Waals surface area contributed by atoms with Gasteiger partial charge in [0.1, 0.15) is 24.2 Å². The number of amides is 1. The zero-order valence-electron chi connectivity index (χ0n) is 14.9. The van der Waals surface area contributed by atoms with Gasteiger partial charge in [-0.3, -0.25) is 9.69 Å². The van der Waals surface area contributed by atoms with E-state index in [1.807, 2.05) is 35.2 Å². The lowest BCUT2D eigenvalue weighted by atomic mass is 10.1. The van der Waals surface area contributed by atoms with Gasteiger partial charge in [0.05, 0.1) is 0 Å². The summed E-state index contributed by atoms with van der Waals surface area (Å²) >= 11 is 1.75. The number of anilines is 1. The number of carbonyl (C=O) groups is 1. The fourth-order valence-electron chi connectivity index (χ4n) is 3.85. The van der Waals surface area contributed by atoms with Crippen LogP contribution in [0.15, 0.2) is 30.3 Å². The van der Waals surface area contributed by atoms with Gasteiger partial charge in [0.15, 0.2) is 6.67 Å². The van der Waals surface area contributed by atoms with E-state index in [2.05, 4.69) is 13.8 Å². The largest absolute Gasteiger partial charge is 0.372 e. The van der Waals surface area contributed by atoms with Crippen LogP contribution in [0.4, 0.5) is 5.00 Å². The minimum atomic E-state index is 0.104. The first-order chi connectivity index (χ1) is 12.1. The molecule has 0 aliphatic carbocycles. The van der Waals surface area contributed by atoms with Crippen molar-refractivity contribution in [2.24, 2.45) is 0 Å². The van der Waals surface area contributed by atoms with E-state index in [0.717, 1.165) is 49.8 Å². The first-order valence-corrected chi connectivity index (χ1v) is 9.86. The number of carbonyl (C=O) groups excluding carboxylic acids is 1. The second-order valence-corrected chi connectivity index (χ2v) is 8.29. The van der Waals surface area contributed by atoms with Crippen LogP contribution in [0, 0.1) is 13.8 Å². The van der Waals surface area contributed by atoms with Crippen LogP contribution < -0.4 is 9.80 Å². The van der Waals surface area contributed by atoms with Crippen molar-refractivity contribution in [2.45, 2.75) is 39.3 Å². The normalized spacial score (nSPS) is 22.9. The number of ether oxygens (including phenoxy) is 1. The summed E-state index contributed by atoms with van der Waals surface area (Å²) in [5.74, 6) is 0.104. The summed E-state index contributed by atoms with van der Waals surface area (Å²) in [7, 11) is 0. The monoisotopic (exact) mass is 357 g/mol. The summed E-state index contributed by atoms with van der Waals surface area (Å²) in [6.07, 6.45) is 2.64. The standard InChI is InChI=1S/C20H24N2O2S/c1-14-15(2)25-20-18(14)12-21(11-17-9-6-10-24-17)13-22(20)19(23)16-7-4-3-5-8-16/h3-5,7-8,17H,6,9-13H2,1-2H3/p+1/t17-/m1/s1. The minimum absolute atomic E-state index is 0.104. The van der Waals surface area contributed by atoms with Crippen LogP contribution in [0.3, 0.4) is 0 Å². The van der Waals surface area contributed by atoms with E-state index in [4.69, 9.17) is 4.74 Å². The summed E-state index contributed by atoms with van der Waals surface area (Å²) in [6.45, 7) is 7.91. The molecule has 0 radical (unpaired) electrons. The van der Waals surface area contributed by atoms with Crippen LogP contribution >= 0.6 is 11.3 Å². The van der Waals surface area contributed by atoms with Gasteiger partial charge >= 0.3 is 0 Å². The molecule has 25 heavy (non-hydrogen) atoms. The van der Waals surface area contributed by atoms with E-state index in [1.54, 1.807) is 11.3 Å². The van der Waals surface area contributed by atoms with Gasteiger partial charge in [-0.25, -0.2) is 0 Å². The smallest absolute Gasteiger partial charge is 0.263 e. The quantitative estimate of drug-likeness (QED) is 0.916. The average molecular weight is 357 g/mol. The molecule has 2 aliphatic rings. The first-order valence-electron chi connectivity index (χ1n) is 9.04. The molecule has 1 aromatic carbocycles. The molecule has 5 heteroatoms. The second kappa shape index (κ2) is 6.90. The molecule has 2 atom stereocenters. The molecule has 1 amide bonds. The molecule has 4 rings (SSSR count). The zero-order valence-corrected chi connectivity index (χ0v) is 15.7. The number of thiophene rings is 1. The van der Waals surface area contributed by atoms with Gasteiger partial charge in [-0.2, -0.15) is 0 Å². The molecule has 2 aromatic rings. The SMILES string of the molecule is Cc1sc2c(c1C)C[NH+](C[C@H]1CCCO1)CN2C(=O)c1ccccc1. The van der Waals surface area contributed by atoms with Crippen molar-refractivity contribution in [1.82, 2.24) is 0 Å². The van der Waals surface area contributed by atoms with Gasteiger partial charge in [0.25, 0.3) is 5.91 Å². The van der Waals surface area contributed by atoms with Crippen molar-refractivity contribution in [3.05, 3.63) is 51.9 Å². The van der Waals surface area contributed by atoms with Crippen LogP contribution in [-0.4, -0.2) is 31.8 Å². The van der Waals surface area contributed by atoms with Crippen molar-refractivity contribution in [1.29, 1.82) is 0 Å².